The molecule has 0 amide bonds. The highest BCUT2D eigenvalue weighted by atomic mass is 14.9. The maximum absolute atomic E-state index is 5.99. The standard InChI is InChI=1S/C11H17N3/c1-4-8(2)7-10(12)11-5-6-13-9(3)14-11/h5-6,10H,2,4,7,12H2,1,3H3. The van der Waals surface area contributed by atoms with Gasteiger partial charge in [-0.2, -0.15) is 0 Å². The quantitative estimate of drug-likeness (QED) is 0.742. The van der Waals surface area contributed by atoms with E-state index in [-0.39, 0.29) is 6.04 Å². The number of hydrogen-bond acceptors (Lipinski definition) is 3. The fraction of sp³-hybridized carbons (Fsp3) is 0.455. The third-order valence-electron chi connectivity index (χ3n) is 2.19. The molecule has 1 unspecified atom stereocenters. The maximum Gasteiger partial charge on any atom is 0.125 e. The molecule has 0 aliphatic rings. The maximum atomic E-state index is 5.99. The van der Waals surface area contributed by atoms with Crippen LogP contribution >= 0.6 is 0 Å². The van der Waals surface area contributed by atoms with E-state index < -0.39 is 0 Å². The van der Waals surface area contributed by atoms with E-state index in [0.717, 1.165) is 29.9 Å². The van der Waals surface area contributed by atoms with Crippen molar-refractivity contribution in [2.75, 3.05) is 0 Å². The van der Waals surface area contributed by atoms with Gasteiger partial charge in [-0.1, -0.05) is 19.1 Å². The molecule has 1 atom stereocenters. The van der Waals surface area contributed by atoms with Crippen LogP contribution < -0.4 is 5.73 Å². The molecule has 76 valence electrons. The highest BCUT2D eigenvalue weighted by molar-refractivity contribution is 5.10. The van der Waals surface area contributed by atoms with Crippen molar-refractivity contribution in [1.82, 2.24) is 9.97 Å². The van der Waals surface area contributed by atoms with Gasteiger partial charge in [-0.25, -0.2) is 9.97 Å². The summed E-state index contributed by atoms with van der Waals surface area (Å²) in [6.45, 7) is 7.89. The van der Waals surface area contributed by atoms with Gasteiger partial charge in [-0.3, -0.25) is 0 Å². The Morgan fingerprint density at radius 1 is 1.64 bits per heavy atom. The Kier molecular flexibility index (Phi) is 3.77. The van der Waals surface area contributed by atoms with Gasteiger partial charge in [0.05, 0.1) is 11.7 Å². The lowest BCUT2D eigenvalue weighted by Crippen LogP contribution is -2.13. The number of hydrogen-bond donors (Lipinski definition) is 1. The summed E-state index contributed by atoms with van der Waals surface area (Å²) in [5.41, 5.74) is 8.05. The zero-order valence-corrected chi connectivity index (χ0v) is 8.83. The Hall–Kier alpha value is -1.22. The smallest absolute Gasteiger partial charge is 0.125 e. The molecule has 0 aromatic carbocycles. The molecule has 3 nitrogen and oxygen atoms in total. The molecule has 0 saturated carbocycles. The predicted octanol–water partition coefficient (Wildman–Crippen LogP) is 2.14. The average Bonchev–Trinajstić information content (AvgIpc) is 2.17. The van der Waals surface area contributed by atoms with Gasteiger partial charge in [0.15, 0.2) is 0 Å². The van der Waals surface area contributed by atoms with Crippen molar-refractivity contribution in [3.05, 3.63) is 35.9 Å². The summed E-state index contributed by atoms with van der Waals surface area (Å²) in [5.74, 6) is 0.764. The molecule has 3 heteroatoms. The zero-order valence-electron chi connectivity index (χ0n) is 8.83. The third-order valence-corrected chi connectivity index (χ3v) is 2.19. The summed E-state index contributed by atoms with van der Waals surface area (Å²) in [6.07, 6.45) is 3.51. The fourth-order valence-electron chi connectivity index (χ4n) is 1.24. The van der Waals surface area contributed by atoms with Gasteiger partial charge in [-0.05, 0) is 25.8 Å². The Balaban J connectivity index is 2.69. The molecular weight excluding hydrogens is 174 g/mol. The van der Waals surface area contributed by atoms with Crippen molar-refractivity contribution >= 4 is 0 Å². The van der Waals surface area contributed by atoms with E-state index in [0.29, 0.717) is 0 Å². The van der Waals surface area contributed by atoms with Crippen LogP contribution in [0.15, 0.2) is 24.4 Å². The predicted molar refractivity (Wildman–Crippen MR) is 57.7 cm³/mol. The number of nitrogens with two attached hydrogens (primary N) is 1. The molecule has 0 radical (unpaired) electrons. The molecule has 0 saturated heterocycles. The zero-order chi connectivity index (χ0) is 10.6. The minimum atomic E-state index is -0.0517. The second-order valence-electron chi connectivity index (χ2n) is 3.44. The lowest BCUT2D eigenvalue weighted by atomic mass is 10.0. The molecule has 0 aliphatic carbocycles. The van der Waals surface area contributed by atoms with Crippen molar-refractivity contribution in [2.45, 2.75) is 32.7 Å². The van der Waals surface area contributed by atoms with Crippen molar-refractivity contribution in [2.24, 2.45) is 5.73 Å². The van der Waals surface area contributed by atoms with Gasteiger partial charge in [0.25, 0.3) is 0 Å². The molecule has 14 heavy (non-hydrogen) atoms. The van der Waals surface area contributed by atoms with Crippen molar-refractivity contribution in [1.29, 1.82) is 0 Å². The van der Waals surface area contributed by atoms with Gasteiger partial charge in [0.1, 0.15) is 5.82 Å². The van der Waals surface area contributed by atoms with E-state index >= 15 is 0 Å². The van der Waals surface area contributed by atoms with Gasteiger partial charge in [-0.15, -0.1) is 0 Å². The SMILES string of the molecule is C=C(CC)CC(N)c1ccnc(C)n1. The van der Waals surface area contributed by atoms with Gasteiger partial charge in [0, 0.05) is 6.20 Å². The van der Waals surface area contributed by atoms with E-state index in [4.69, 9.17) is 5.73 Å². The minimum Gasteiger partial charge on any atom is -0.322 e. The van der Waals surface area contributed by atoms with Crippen molar-refractivity contribution in [3.63, 3.8) is 0 Å². The molecule has 1 aromatic heterocycles. The Bertz CT molecular complexity index is 320. The summed E-state index contributed by atoms with van der Waals surface area (Å²) < 4.78 is 0. The van der Waals surface area contributed by atoms with Crippen LogP contribution in [0.25, 0.3) is 0 Å². The largest absolute Gasteiger partial charge is 0.322 e. The molecule has 1 aromatic rings. The first kappa shape index (κ1) is 10.9. The monoisotopic (exact) mass is 191 g/mol. The van der Waals surface area contributed by atoms with Crippen LogP contribution in [0.5, 0.6) is 0 Å². The Labute approximate surface area is 85.1 Å². The number of rotatable bonds is 4. The van der Waals surface area contributed by atoms with Crippen molar-refractivity contribution < 1.29 is 0 Å². The molecule has 0 spiro atoms. The molecule has 0 bridgehead atoms. The van der Waals surface area contributed by atoms with Gasteiger partial charge < -0.3 is 5.73 Å². The van der Waals surface area contributed by atoms with E-state index in [2.05, 4.69) is 23.5 Å². The highest BCUT2D eigenvalue weighted by Gasteiger charge is 2.08. The van der Waals surface area contributed by atoms with Crippen LogP contribution in [0.2, 0.25) is 0 Å². The van der Waals surface area contributed by atoms with Crippen LogP contribution in [-0.4, -0.2) is 9.97 Å². The van der Waals surface area contributed by atoms with E-state index in [1.54, 1.807) is 6.20 Å². The summed E-state index contributed by atoms with van der Waals surface area (Å²) in [4.78, 5) is 8.32. The normalized spacial score (nSPS) is 12.5. The summed E-state index contributed by atoms with van der Waals surface area (Å²) >= 11 is 0. The summed E-state index contributed by atoms with van der Waals surface area (Å²) in [6, 6.07) is 1.81. The second-order valence-corrected chi connectivity index (χ2v) is 3.44. The van der Waals surface area contributed by atoms with Crippen LogP contribution in [0.3, 0.4) is 0 Å². The summed E-state index contributed by atoms with van der Waals surface area (Å²) in [5, 5.41) is 0. The molecule has 0 fully saturated rings. The molecule has 2 N–H and O–H groups in total. The van der Waals surface area contributed by atoms with E-state index in [1.807, 2.05) is 13.0 Å². The molecule has 1 heterocycles. The van der Waals surface area contributed by atoms with E-state index in [1.165, 1.54) is 0 Å². The van der Waals surface area contributed by atoms with Crippen molar-refractivity contribution in [3.8, 4) is 0 Å². The first-order valence-corrected chi connectivity index (χ1v) is 4.85. The molecule has 0 aliphatic heterocycles. The van der Waals surface area contributed by atoms with Crippen LogP contribution in [0.1, 0.15) is 37.3 Å². The molecular formula is C11H17N3. The topological polar surface area (TPSA) is 51.8 Å². The minimum absolute atomic E-state index is 0.0517. The van der Waals surface area contributed by atoms with Crippen LogP contribution in [-0.2, 0) is 0 Å². The lowest BCUT2D eigenvalue weighted by molar-refractivity contribution is 0.672. The van der Waals surface area contributed by atoms with Gasteiger partial charge in [0.2, 0.25) is 0 Å². The van der Waals surface area contributed by atoms with Gasteiger partial charge >= 0.3 is 0 Å². The molecule has 1 rings (SSSR count). The summed E-state index contributed by atoms with van der Waals surface area (Å²) in [7, 11) is 0. The first-order chi connectivity index (χ1) is 6.63. The Morgan fingerprint density at radius 3 is 2.93 bits per heavy atom. The second kappa shape index (κ2) is 4.86. The van der Waals surface area contributed by atoms with E-state index in [9.17, 15) is 0 Å². The first-order valence-electron chi connectivity index (χ1n) is 4.85. The highest BCUT2D eigenvalue weighted by Crippen LogP contribution is 2.17. The third kappa shape index (κ3) is 2.92. The Morgan fingerprint density at radius 2 is 2.36 bits per heavy atom. The fourth-order valence-corrected chi connectivity index (χ4v) is 1.24. The number of nitrogens with zero attached hydrogens (tertiary/aromatic N) is 2. The van der Waals surface area contributed by atoms with Crippen LogP contribution in [0.4, 0.5) is 0 Å². The lowest BCUT2D eigenvalue weighted by Gasteiger charge is -2.11. The van der Waals surface area contributed by atoms with Crippen LogP contribution in [0, 0.1) is 6.92 Å². The number of aryl methyl sites for hydroxylation is 1. The average molecular weight is 191 g/mol. The number of aromatic nitrogens is 2.